The number of rotatable bonds is 3. The van der Waals surface area contributed by atoms with Crippen molar-refractivity contribution in [3.63, 3.8) is 0 Å². The van der Waals surface area contributed by atoms with Crippen LogP contribution in [0.15, 0.2) is 18.2 Å². The van der Waals surface area contributed by atoms with Crippen LogP contribution in [0, 0.1) is 0 Å². The van der Waals surface area contributed by atoms with E-state index >= 15 is 0 Å². The number of ether oxygens (including phenoxy) is 1. The van der Waals surface area contributed by atoms with Crippen LogP contribution in [0.3, 0.4) is 0 Å². The summed E-state index contributed by atoms with van der Waals surface area (Å²) in [5, 5.41) is 4.13. The minimum absolute atomic E-state index is 0.347. The maximum absolute atomic E-state index is 5.91. The summed E-state index contributed by atoms with van der Waals surface area (Å²) in [5.41, 5.74) is 6.46. The van der Waals surface area contributed by atoms with Crippen molar-refractivity contribution in [1.82, 2.24) is 0 Å². The number of anilines is 1. The number of nitrogens with one attached hydrogen (secondary N) is 1. The van der Waals surface area contributed by atoms with Crippen molar-refractivity contribution in [2.75, 3.05) is 18.5 Å². The summed E-state index contributed by atoms with van der Waals surface area (Å²) in [7, 11) is 0. The zero-order valence-electron chi connectivity index (χ0n) is 8.50. The lowest BCUT2D eigenvalue weighted by Gasteiger charge is -2.27. The van der Waals surface area contributed by atoms with Crippen molar-refractivity contribution in [3.8, 4) is 5.75 Å². The van der Waals surface area contributed by atoms with Crippen molar-refractivity contribution in [1.29, 1.82) is 0 Å². The molecule has 0 saturated carbocycles. The van der Waals surface area contributed by atoms with E-state index in [1.807, 2.05) is 18.2 Å². The molecule has 1 unspecified atom stereocenters. The molecule has 1 aromatic carbocycles. The summed E-state index contributed by atoms with van der Waals surface area (Å²) in [6, 6.07) is 5.97. The van der Waals surface area contributed by atoms with Crippen molar-refractivity contribution < 1.29 is 4.74 Å². The third-order valence-corrected chi connectivity index (χ3v) is 2.73. The predicted molar refractivity (Wildman–Crippen MR) is 62.6 cm³/mol. The van der Waals surface area contributed by atoms with Gasteiger partial charge in [0, 0.05) is 5.02 Å². The Morgan fingerprint density at radius 2 is 2.40 bits per heavy atom. The van der Waals surface area contributed by atoms with Gasteiger partial charge in [-0.1, -0.05) is 11.6 Å². The second-order valence-electron chi connectivity index (χ2n) is 3.72. The second kappa shape index (κ2) is 4.73. The van der Waals surface area contributed by atoms with Crippen LogP contribution in [0.25, 0.3) is 0 Å². The van der Waals surface area contributed by atoms with Gasteiger partial charge < -0.3 is 15.8 Å². The number of hydrogen-bond donors (Lipinski definition) is 2. The Kier molecular flexibility index (Phi) is 3.34. The van der Waals surface area contributed by atoms with Crippen molar-refractivity contribution in [2.45, 2.75) is 18.9 Å². The number of fused-ring (bicyclic) bond motifs is 1. The zero-order chi connectivity index (χ0) is 10.7. The lowest BCUT2D eigenvalue weighted by atomic mass is 10.1. The smallest absolute Gasteiger partial charge is 0.142 e. The summed E-state index contributed by atoms with van der Waals surface area (Å²) >= 11 is 5.91. The van der Waals surface area contributed by atoms with Crippen molar-refractivity contribution in [3.05, 3.63) is 23.2 Å². The van der Waals surface area contributed by atoms with Gasteiger partial charge in [0.15, 0.2) is 0 Å². The quantitative estimate of drug-likeness (QED) is 0.831. The van der Waals surface area contributed by atoms with Crippen LogP contribution in [0.1, 0.15) is 12.8 Å². The topological polar surface area (TPSA) is 47.3 Å². The molecule has 15 heavy (non-hydrogen) atoms. The standard InChI is InChI=1S/C11H15ClN2O/c12-8-3-4-11-10(6-8)14-9(7-15-11)2-1-5-13/h3-4,6,9,14H,1-2,5,7,13H2. The molecule has 0 radical (unpaired) electrons. The van der Waals surface area contributed by atoms with E-state index in [1.54, 1.807) is 0 Å². The Balaban J connectivity index is 2.05. The number of halogens is 1. The van der Waals surface area contributed by atoms with Gasteiger partial charge in [0.1, 0.15) is 12.4 Å². The van der Waals surface area contributed by atoms with E-state index in [1.165, 1.54) is 0 Å². The van der Waals surface area contributed by atoms with Crippen LogP contribution in [-0.4, -0.2) is 19.2 Å². The van der Waals surface area contributed by atoms with E-state index in [-0.39, 0.29) is 0 Å². The highest BCUT2D eigenvalue weighted by molar-refractivity contribution is 6.30. The molecule has 1 heterocycles. The number of hydrogen-bond acceptors (Lipinski definition) is 3. The minimum atomic E-state index is 0.347. The average Bonchev–Trinajstić information content (AvgIpc) is 2.25. The average molecular weight is 227 g/mol. The van der Waals surface area contributed by atoms with Gasteiger partial charge in [-0.3, -0.25) is 0 Å². The molecule has 1 aliphatic rings. The summed E-state index contributed by atoms with van der Waals surface area (Å²) < 4.78 is 5.63. The van der Waals surface area contributed by atoms with Crippen LogP contribution in [0.4, 0.5) is 5.69 Å². The van der Waals surface area contributed by atoms with Crippen LogP contribution in [0.2, 0.25) is 5.02 Å². The zero-order valence-corrected chi connectivity index (χ0v) is 9.26. The molecule has 1 aromatic rings. The van der Waals surface area contributed by atoms with Crippen LogP contribution >= 0.6 is 11.6 Å². The number of benzene rings is 1. The highest BCUT2D eigenvalue weighted by atomic mass is 35.5. The van der Waals surface area contributed by atoms with Gasteiger partial charge in [0.2, 0.25) is 0 Å². The first-order chi connectivity index (χ1) is 7.29. The van der Waals surface area contributed by atoms with E-state index in [0.717, 1.165) is 35.8 Å². The Morgan fingerprint density at radius 1 is 1.53 bits per heavy atom. The van der Waals surface area contributed by atoms with Crippen molar-refractivity contribution >= 4 is 17.3 Å². The largest absolute Gasteiger partial charge is 0.489 e. The summed E-state index contributed by atoms with van der Waals surface area (Å²) in [5.74, 6) is 0.878. The summed E-state index contributed by atoms with van der Waals surface area (Å²) in [4.78, 5) is 0. The van der Waals surface area contributed by atoms with Gasteiger partial charge in [-0.05, 0) is 37.6 Å². The van der Waals surface area contributed by atoms with E-state index in [4.69, 9.17) is 22.1 Å². The van der Waals surface area contributed by atoms with Crippen LogP contribution in [-0.2, 0) is 0 Å². The summed E-state index contributed by atoms with van der Waals surface area (Å²) in [6.07, 6.45) is 2.04. The van der Waals surface area contributed by atoms with Gasteiger partial charge in [0.05, 0.1) is 11.7 Å². The third-order valence-electron chi connectivity index (χ3n) is 2.50. The minimum Gasteiger partial charge on any atom is -0.489 e. The maximum atomic E-state index is 5.91. The van der Waals surface area contributed by atoms with E-state index in [0.29, 0.717) is 12.6 Å². The van der Waals surface area contributed by atoms with E-state index in [9.17, 15) is 0 Å². The molecule has 0 fully saturated rings. The Bertz CT molecular complexity index is 343. The fourth-order valence-corrected chi connectivity index (χ4v) is 1.88. The molecule has 3 nitrogen and oxygen atoms in total. The molecule has 3 N–H and O–H groups in total. The van der Waals surface area contributed by atoms with Crippen molar-refractivity contribution in [2.24, 2.45) is 5.73 Å². The third kappa shape index (κ3) is 2.55. The molecule has 0 aliphatic carbocycles. The Hall–Kier alpha value is -0.930. The fraction of sp³-hybridized carbons (Fsp3) is 0.455. The molecule has 82 valence electrons. The molecule has 2 rings (SSSR count). The molecule has 0 aromatic heterocycles. The molecule has 0 spiro atoms. The monoisotopic (exact) mass is 226 g/mol. The first kappa shape index (κ1) is 10.6. The molecule has 0 bridgehead atoms. The predicted octanol–water partition coefficient (Wildman–Crippen LogP) is 2.25. The van der Waals surface area contributed by atoms with Gasteiger partial charge >= 0.3 is 0 Å². The Morgan fingerprint density at radius 3 is 3.20 bits per heavy atom. The normalized spacial score (nSPS) is 18.9. The Labute approximate surface area is 94.6 Å². The second-order valence-corrected chi connectivity index (χ2v) is 4.16. The lowest BCUT2D eigenvalue weighted by molar-refractivity contribution is 0.277. The highest BCUT2D eigenvalue weighted by Gasteiger charge is 2.18. The molecule has 1 atom stereocenters. The van der Waals surface area contributed by atoms with Gasteiger partial charge in [0.25, 0.3) is 0 Å². The van der Waals surface area contributed by atoms with Gasteiger partial charge in [-0.15, -0.1) is 0 Å². The molecule has 1 aliphatic heterocycles. The van der Waals surface area contributed by atoms with Gasteiger partial charge in [-0.2, -0.15) is 0 Å². The lowest BCUT2D eigenvalue weighted by Crippen LogP contribution is -2.31. The molecular weight excluding hydrogens is 212 g/mol. The van der Waals surface area contributed by atoms with E-state index in [2.05, 4.69) is 5.32 Å². The molecule has 0 amide bonds. The van der Waals surface area contributed by atoms with E-state index < -0.39 is 0 Å². The number of nitrogens with two attached hydrogens (primary N) is 1. The van der Waals surface area contributed by atoms with Crippen LogP contribution in [0.5, 0.6) is 5.75 Å². The molecular formula is C11H15ClN2O. The van der Waals surface area contributed by atoms with Gasteiger partial charge in [-0.25, -0.2) is 0 Å². The first-order valence-electron chi connectivity index (χ1n) is 5.18. The maximum Gasteiger partial charge on any atom is 0.142 e. The highest BCUT2D eigenvalue weighted by Crippen LogP contribution is 2.32. The molecule has 0 saturated heterocycles. The first-order valence-corrected chi connectivity index (χ1v) is 5.56. The fourth-order valence-electron chi connectivity index (χ4n) is 1.71. The summed E-state index contributed by atoms with van der Waals surface area (Å²) in [6.45, 7) is 1.43. The SMILES string of the molecule is NCCCC1COc2ccc(Cl)cc2N1. The molecule has 4 heteroatoms. The van der Waals surface area contributed by atoms with Crippen LogP contribution < -0.4 is 15.8 Å².